The quantitative estimate of drug-likeness (QED) is 0.239. The van der Waals surface area contributed by atoms with Crippen molar-refractivity contribution in [2.24, 2.45) is 0 Å². The average Bonchev–Trinajstić information content (AvgIpc) is 3.23. The van der Waals surface area contributed by atoms with Crippen molar-refractivity contribution in [3.8, 4) is 5.69 Å². The van der Waals surface area contributed by atoms with E-state index in [2.05, 4.69) is 147 Å². The largest absolute Gasteiger partial charge is 0.310 e. The molecule has 0 saturated carbocycles. The third-order valence-corrected chi connectivity index (χ3v) is 8.28. The molecule has 0 radical (unpaired) electrons. The van der Waals surface area contributed by atoms with Crippen LogP contribution in [0.1, 0.15) is 41.7 Å². The molecule has 0 atom stereocenters. The number of aryl methyl sites for hydroxylation is 3. The molecule has 0 saturated heterocycles. The number of hydrogen-bond donors (Lipinski definition) is 0. The fourth-order valence-electron chi connectivity index (χ4n) is 6.51. The first-order valence-corrected chi connectivity index (χ1v) is 13.5. The summed E-state index contributed by atoms with van der Waals surface area (Å²) < 4.78 is 2.48. The van der Waals surface area contributed by atoms with Gasteiger partial charge in [0.15, 0.2) is 0 Å². The summed E-state index contributed by atoms with van der Waals surface area (Å²) in [4.78, 5) is 2.39. The van der Waals surface area contributed by atoms with E-state index in [4.69, 9.17) is 0 Å². The van der Waals surface area contributed by atoms with Gasteiger partial charge in [-0.25, -0.2) is 0 Å². The number of hydrogen-bond acceptors (Lipinski definition) is 1. The van der Waals surface area contributed by atoms with Gasteiger partial charge in [0.1, 0.15) is 0 Å². The van der Waals surface area contributed by atoms with Gasteiger partial charge in [0.25, 0.3) is 0 Å². The van der Waals surface area contributed by atoms with E-state index in [1.807, 2.05) is 0 Å². The van der Waals surface area contributed by atoms with E-state index < -0.39 is 0 Å². The fourth-order valence-corrected chi connectivity index (χ4v) is 6.51. The van der Waals surface area contributed by atoms with Gasteiger partial charge in [-0.3, -0.25) is 0 Å². The highest BCUT2D eigenvalue weighted by molar-refractivity contribution is 6.12. The van der Waals surface area contributed by atoms with Crippen molar-refractivity contribution in [1.82, 2.24) is 4.57 Å². The third-order valence-electron chi connectivity index (χ3n) is 8.28. The van der Waals surface area contributed by atoms with Crippen molar-refractivity contribution in [2.75, 3.05) is 4.90 Å². The summed E-state index contributed by atoms with van der Waals surface area (Å²) in [6, 6.07) is 38.3. The molecule has 0 spiro atoms. The Morgan fingerprint density at radius 2 is 1.24 bits per heavy atom. The molecule has 6 aromatic rings. The molecule has 0 fully saturated rings. The van der Waals surface area contributed by atoms with Crippen molar-refractivity contribution < 1.29 is 0 Å². The zero-order valence-electron chi connectivity index (χ0n) is 22.7. The first kappa shape index (κ1) is 22.9. The van der Waals surface area contributed by atoms with Crippen LogP contribution in [-0.2, 0) is 5.41 Å². The molecule has 0 N–H and O–H groups in total. The number of anilines is 3. The zero-order valence-corrected chi connectivity index (χ0v) is 22.7. The van der Waals surface area contributed by atoms with E-state index in [0.29, 0.717) is 0 Å². The van der Waals surface area contributed by atoms with Crippen LogP contribution in [0.2, 0.25) is 0 Å². The highest BCUT2D eigenvalue weighted by atomic mass is 15.1. The maximum absolute atomic E-state index is 2.48. The van der Waals surface area contributed by atoms with Gasteiger partial charge in [-0.05, 0) is 91.6 Å². The molecular formula is C36H32N2. The van der Waals surface area contributed by atoms with Crippen LogP contribution in [0.25, 0.3) is 27.5 Å². The standard InChI is InChI=1S/C36H32N2/c1-23-13-15-26(16-14-23)37(28-20-24(2)19-25(3)21-28)27-17-18-33-30(22-27)29-9-8-11-32-35(29)38(33)34-12-7-6-10-31(34)36(32,4)5/h6-22H,1-5H3. The first-order valence-electron chi connectivity index (χ1n) is 13.5. The molecule has 2 heterocycles. The Labute approximate surface area is 224 Å². The lowest BCUT2D eigenvalue weighted by Crippen LogP contribution is -2.26. The summed E-state index contributed by atoms with van der Waals surface area (Å²) in [7, 11) is 0. The van der Waals surface area contributed by atoms with Crippen molar-refractivity contribution in [1.29, 1.82) is 0 Å². The molecule has 5 aromatic carbocycles. The molecule has 2 heteroatoms. The molecule has 38 heavy (non-hydrogen) atoms. The average molecular weight is 493 g/mol. The van der Waals surface area contributed by atoms with Gasteiger partial charge >= 0.3 is 0 Å². The summed E-state index contributed by atoms with van der Waals surface area (Å²) in [5, 5.41) is 2.60. The van der Waals surface area contributed by atoms with Crippen molar-refractivity contribution in [2.45, 2.75) is 40.0 Å². The molecule has 1 aromatic heterocycles. The molecule has 186 valence electrons. The monoisotopic (exact) mass is 492 g/mol. The predicted octanol–water partition coefficient (Wildman–Crippen LogP) is 9.82. The molecule has 0 amide bonds. The van der Waals surface area contributed by atoms with Gasteiger partial charge in [0.05, 0.1) is 16.7 Å². The van der Waals surface area contributed by atoms with Crippen LogP contribution in [0.15, 0.2) is 103 Å². The van der Waals surface area contributed by atoms with Crippen LogP contribution in [0.4, 0.5) is 17.1 Å². The van der Waals surface area contributed by atoms with E-state index in [0.717, 1.165) is 0 Å². The van der Waals surface area contributed by atoms with E-state index in [1.54, 1.807) is 0 Å². The SMILES string of the molecule is Cc1ccc(N(c2cc(C)cc(C)c2)c2ccc3c(c2)c2cccc4c2n3-c2ccccc2C4(C)C)cc1. The summed E-state index contributed by atoms with van der Waals surface area (Å²) in [6.45, 7) is 11.2. The predicted molar refractivity (Wildman–Crippen MR) is 162 cm³/mol. The second kappa shape index (κ2) is 8.10. The van der Waals surface area contributed by atoms with Crippen LogP contribution in [-0.4, -0.2) is 4.57 Å². The Morgan fingerprint density at radius 1 is 0.553 bits per heavy atom. The van der Waals surface area contributed by atoms with Crippen molar-refractivity contribution in [3.63, 3.8) is 0 Å². The van der Waals surface area contributed by atoms with Gasteiger partial charge in [-0.15, -0.1) is 0 Å². The highest BCUT2D eigenvalue weighted by Gasteiger charge is 2.34. The van der Waals surface area contributed by atoms with Gasteiger partial charge in [-0.2, -0.15) is 0 Å². The fraction of sp³-hybridized carbons (Fsp3) is 0.167. The summed E-state index contributed by atoms with van der Waals surface area (Å²) in [5.74, 6) is 0. The number of para-hydroxylation sites is 2. The lowest BCUT2D eigenvalue weighted by molar-refractivity contribution is 0.630. The second-order valence-electron chi connectivity index (χ2n) is 11.4. The minimum Gasteiger partial charge on any atom is -0.310 e. The molecule has 0 bridgehead atoms. The number of rotatable bonds is 3. The van der Waals surface area contributed by atoms with Crippen molar-refractivity contribution in [3.05, 3.63) is 131 Å². The number of aromatic nitrogens is 1. The minimum atomic E-state index is -0.0592. The highest BCUT2D eigenvalue weighted by Crippen LogP contribution is 2.48. The van der Waals surface area contributed by atoms with E-state index in [-0.39, 0.29) is 5.41 Å². The summed E-state index contributed by atoms with van der Waals surface area (Å²) in [6.07, 6.45) is 0. The van der Waals surface area contributed by atoms with Gasteiger partial charge in [0, 0.05) is 33.2 Å². The van der Waals surface area contributed by atoms with Gasteiger partial charge in [0.2, 0.25) is 0 Å². The molecule has 0 aliphatic carbocycles. The molecule has 2 nitrogen and oxygen atoms in total. The lowest BCUT2D eigenvalue weighted by atomic mass is 9.75. The van der Waals surface area contributed by atoms with Gasteiger partial charge < -0.3 is 9.47 Å². The molecule has 7 rings (SSSR count). The van der Waals surface area contributed by atoms with Crippen LogP contribution in [0, 0.1) is 20.8 Å². The van der Waals surface area contributed by atoms with Crippen LogP contribution in [0.5, 0.6) is 0 Å². The Bertz CT molecular complexity index is 1850. The Kier molecular flexibility index (Phi) is 4.87. The topological polar surface area (TPSA) is 8.17 Å². The van der Waals surface area contributed by atoms with E-state index >= 15 is 0 Å². The normalized spacial score (nSPS) is 13.6. The minimum absolute atomic E-state index is 0.0592. The smallest absolute Gasteiger partial charge is 0.0582 e. The number of benzene rings is 5. The second-order valence-corrected chi connectivity index (χ2v) is 11.4. The maximum Gasteiger partial charge on any atom is 0.0582 e. The molecule has 1 aliphatic heterocycles. The van der Waals surface area contributed by atoms with Crippen LogP contribution < -0.4 is 4.90 Å². The van der Waals surface area contributed by atoms with Gasteiger partial charge in [-0.1, -0.05) is 74.0 Å². The Hall–Kier alpha value is -4.30. The Balaban J connectivity index is 1.53. The molecular weight excluding hydrogens is 460 g/mol. The van der Waals surface area contributed by atoms with Crippen LogP contribution >= 0.6 is 0 Å². The lowest BCUT2D eigenvalue weighted by Gasteiger charge is -2.34. The maximum atomic E-state index is 2.48. The first-order chi connectivity index (χ1) is 18.3. The molecule has 1 aliphatic rings. The number of fused-ring (bicyclic) bond motifs is 5. The molecule has 0 unspecified atom stereocenters. The summed E-state index contributed by atoms with van der Waals surface area (Å²) >= 11 is 0. The van der Waals surface area contributed by atoms with E-state index in [1.165, 1.54) is 72.4 Å². The Morgan fingerprint density at radius 3 is 2.00 bits per heavy atom. The number of nitrogens with zero attached hydrogens (tertiary/aromatic N) is 2. The van der Waals surface area contributed by atoms with Crippen LogP contribution in [0.3, 0.4) is 0 Å². The van der Waals surface area contributed by atoms with E-state index in [9.17, 15) is 0 Å². The zero-order chi connectivity index (χ0) is 26.2. The summed E-state index contributed by atoms with van der Waals surface area (Å²) in [5.41, 5.74) is 13.9. The van der Waals surface area contributed by atoms with Crippen molar-refractivity contribution >= 4 is 38.9 Å². The third kappa shape index (κ3) is 3.26.